The number of hydrogen-bond acceptors (Lipinski definition) is 6. The molecule has 0 aliphatic carbocycles. The fourth-order valence-corrected chi connectivity index (χ4v) is 4.97. The van der Waals surface area contributed by atoms with Gasteiger partial charge in [-0.15, -0.1) is 0 Å². The summed E-state index contributed by atoms with van der Waals surface area (Å²) in [5.41, 5.74) is 0.706. The largest absolute Gasteiger partial charge is 0.495 e. The molecule has 0 atom stereocenters. The van der Waals surface area contributed by atoms with Crippen molar-refractivity contribution in [2.45, 2.75) is 24.7 Å². The first-order valence-electron chi connectivity index (χ1n) is 10.1. The van der Waals surface area contributed by atoms with Crippen molar-refractivity contribution in [1.29, 1.82) is 0 Å². The van der Waals surface area contributed by atoms with Gasteiger partial charge in [0.2, 0.25) is 10.0 Å². The number of methoxy groups -OCH3 is 1. The molecular formula is C22H26N2O6S. The van der Waals surface area contributed by atoms with Crippen molar-refractivity contribution in [1.82, 2.24) is 4.31 Å². The molecule has 1 N–H and O–H groups in total. The van der Waals surface area contributed by atoms with Crippen LogP contribution in [0.2, 0.25) is 0 Å². The van der Waals surface area contributed by atoms with Gasteiger partial charge >= 0.3 is 5.97 Å². The molecule has 1 saturated heterocycles. The minimum absolute atomic E-state index is 0.0475. The number of carbonyl (C=O) groups excluding carboxylic acids is 2. The van der Waals surface area contributed by atoms with Crippen LogP contribution in [0.3, 0.4) is 0 Å². The summed E-state index contributed by atoms with van der Waals surface area (Å²) in [7, 11) is -2.35. The number of carbonyl (C=O) groups is 2. The van der Waals surface area contributed by atoms with Crippen molar-refractivity contribution in [3.05, 3.63) is 54.1 Å². The topological polar surface area (TPSA) is 102 Å². The Morgan fingerprint density at radius 2 is 1.77 bits per heavy atom. The summed E-state index contributed by atoms with van der Waals surface area (Å²) < 4.78 is 38.0. The van der Waals surface area contributed by atoms with Gasteiger partial charge in [0.25, 0.3) is 5.91 Å². The van der Waals surface area contributed by atoms with Crippen molar-refractivity contribution < 1.29 is 27.5 Å². The molecule has 1 amide bonds. The molecular weight excluding hydrogens is 420 g/mol. The number of sulfonamides is 1. The van der Waals surface area contributed by atoms with Gasteiger partial charge in [-0.1, -0.05) is 18.2 Å². The standard InChI is InChI=1S/C22H26N2O6S/c1-3-30-22(26)17-11-13-24(14-12-17)31(27,28)18-9-10-20(29-2)19(15-18)23-21(25)16-7-5-4-6-8-16/h4-10,15,17H,3,11-14H2,1-2H3,(H,23,25). The van der Waals surface area contributed by atoms with Crippen LogP contribution in [0.25, 0.3) is 0 Å². The number of hydrogen-bond donors (Lipinski definition) is 1. The number of rotatable bonds is 7. The van der Waals surface area contributed by atoms with Gasteiger partial charge in [0, 0.05) is 18.7 Å². The fraction of sp³-hybridized carbons (Fsp3) is 0.364. The van der Waals surface area contributed by atoms with E-state index in [1.165, 1.54) is 29.6 Å². The van der Waals surface area contributed by atoms with E-state index in [9.17, 15) is 18.0 Å². The second-order valence-corrected chi connectivity index (χ2v) is 9.05. The maximum absolute atomic E-state index is 13.2. The average molecular weight is 447 g/mol. The predicted octanol–water partition coefficient (Wildman–Crippen LogP) is 2.91. The number of ether oxygens (including phenoxy) is 2. The molecule has 0 radical (unpaired) electrons. The molecule has 0 bridgehead atoms. The number of nitrogens with one attached hydrogen (secondary N) is 1. The maximum Gasteiger partial charge on any atom is 0.309 e. The first kappa shape index (κ1) is 22.8. The van der Waals surface area contributed by atoms with Crippen LogP contribution in [-0.2, 0) is 19.6 Å². The van der Waals surface area contributed by atoms with E-state index < -0.39 is 10.0 Å². The Morgan fingerprint density at radius 1 is 1.10 bits per heavy atom. The molecule has 0 aromatic heterocycles. The van der Waals surface area contributed by atoms with Gasteiger partial charge in [0.05, 0.1) is 30.2 Å². The summed E-state index contributed by atoms with van der Waals surface area (Å²) in [6, 6.07) is 13.0. The minimum atomic E-state index is -3.80. The summed E-state index contributed by atoms with van der Waals surface area (Å²) in [6.07, 6.45) is 0.817. The van der Waals surface area contributed by atoms with Crippen LogP contribution in [0, 0.1) is 5.92 Å². The average Bonchev–Trinajstić information content (AvgIpc) is 2.79. The summed E-state index contributed by atoms with van der Waals surface area (Å²) in [5.74, 6) is -0.592. The van der Waals surface area contributed by atoms with E-state index in [0.29, 0.717) is 30.8 Å². The van der Waals surface area contributed by atoms with Crippen LogP contribution in [0.15, 0.2) is 53.4 Å². The van der Waals surface area contributed by atoms with Gasteiger partial charge in [0.15, 0.2) is 0 Å². The molecule has 31 heavy (non-hydrogen) atoms. The number of nitrogens with zero attached hydrogens (tertiary/aromatic N) is 1. The predicted molar refractivity (Wildman–Crippen MR) is 116 cm³/mol. The van der Waals surface area contributed by atoms with Crippen molar-refractivity contribution in [3.63, 3.8) is 0 Å². The third-order valence-corrected chi connectivity index (χ3v) is 7.06. The van der Waals surface area contributed by atoms with E-state index in [-0.39, 0.29) is 41.5 Å². The smallest absolute Gasteiger partial charge is 0.309 e. The molecule has 9 heteroatoms. The third-order valence-electron chi connectivity index (χ3n) is 5.17. The van der Waals surface area contributed by atoms with Crippen LogP contribution < -0.4 is 10.1 Å². The van der Waals surface area contributed by atoms with Gasteiger partial charge in [-0.25, -0.2) is 8.42 Å². The molecule has 1 aliphatic heterocycles. The van der Waals surface area contributed by atoms with Crippen LogP contribution in [0.5, 0.6) is 5.75 Å². The lowest BCUT2D eigenvalue weighted by molar-refractivity contribution is -0.149. The van der Waals surface area contributed by atoms with Gasteiger partial charge < -0.3 is 14.8 Å². The molecule has 1 aliphatic rings. The summed E-state index contributed by atoms with van der Waals surface area (Å²) in [6.45, 7) is 2.50. The Labute approximate surface area is 182 Å². The molecule has 2 aromatic carbocycles. The molecule has 1 fully saturated rings. The molecule has 166 valence electrons. The maximum atomic E-state index is 13.2. The zero-order valence-corrected chi connectivity index (χ0v) is 18.4. The van der Waals surface area contributed by atoms with Crippen LogP contribution >= 0.6 is 0 Å². The molecule has 0 unspecified atom stereocenters. The molecule has 1 heterocycles. The normalized spacial score (nSPS) is 15.3. The van der Waals surface area contributed by atoms with E-state index in [1.807, 2.05) is 0 Å². The van der Waals surface area contributed by atoms with E-state index in [4.69, 9.17) is 9.47 Å². The monoisotopic (exact) mass is 446 g/mol. The lowest BCUT2D eigenvalue weighted by Crippen LogP contribution is -2.40. The Kier molecular flexibility index (Phi) is 7.29. The van der Waals surface area contributed by atoms with E-state index in [2.05, 4.69) is 5.32 Å². The lowest BCUT2D eigenvalue weighted by Gasteiger charge is -2.30. The molecule has 0 spiro atoms. The number of piperidine rings is 1. The van der Waals surface area contributed by atoms with Gasteiger partial charge in [-0.05, 0) is 50.1 Å². The minimum Gasteiger partial charge on any atom is -0.495 e. The van der Waals surface area contributed by atoms with E-state index in [0.717, 1.165) is 0 Å². The molecule has 3 rings (SSSR count). The van der Waals surface area contributed by atoms with Gasteiger partial charge in [-0.2, -0.15) is 4.31 Å². The van der Waals surface area contributed by atoms with Crippen molar-refractivity contribution in [2.75, 3.05) is 32.1 Å². The highest BCUT2D eigenvalue weighted by molar-refractivity contribution is 7.89. The second-order valence-electron chi connectivity index (χ2n) is 7.11. The first-order chi connectivity index (χ1) is 14.9. The summed E-state index contributed by atoms with van der Waals surface area (Å²) in [4.78, 5) is 24.5. The van der Waals surface area contributed by atoms with Gasteiger partial charge in [0.1, 0.15) is 5.75 Å². The SMILES string of the molecule is CCOC(=O)C1CCN(S(=O)(=O)c2ccc(OC)c(NC(=O)c3ccccc3)c2)CC1. The zero-order valence-electron chi connectivity index (χ0n) is 17.5. The van der Waals surface area contributed by atoms with Crippen LogP contribution in [-0.4, -0.2) is 51.4 Å². The Hall–Kier alpha value is -2.91. The quantitative estimate of drug-likeness (QED) is 0.656. The van der Waals surface area contributed by atoms with Crippen molar-refractivity contribution in [2.24, 2.45) is 5.92 Å². The van der Waals surface area contributed by atoms with Crippen molar-refractivity contribution in [3.8, 4) is 5.75 Å². The highest BCUT2D eigenvalue weighted by Gasteiger charge is 2.33. The Balaban J connectivity index is 1.78. The number of anilines is 1. The summed E-state index contributed by atoms with van der Waals surface area (Å²) in [5, 5.41) is 2.72. The number of amides is 1. The first-order valence-corrected chi connectivity index (χ1v) is 11.5. The molecule has 8 nitrogen and oxygen atoms in total. The Bertz CT molecular complexity index is 1030. The van der Waals surface area contributed by atoms with Crippen LogP contribution in [0.4, 0.5) is 5.69 Å². The van der Waals surface area contributed by atoms with Gasteiger partial charge in [-0.3, -0.25) is 9.59 Å². The Morgan fingerprint density at radius 3 is 2.39 bits per heavy atom. The van der Waals surface area contributed by atoms with E-state index >= 15 is 0 Å². The van der Waals surface area contributed by atoms with Crippen LogP contribution in [0.1, 0.15) is 30.1 Å². The molecule has 2 aromatic rings. The fourth-order valence-electron chi connectivity index (χ4n) is 3.47. The zero-order chi connectivity index (χ0) is 22.4. The van der Waals surface area contributed by atoms with E-state index in [1.54, 1.807) is 37.3 Å². The second kappa shape index (κ2) is 9.93. The third kappa shape index (κ3) is 5.23. The summed E-state index contributed by atoms with van der Waals surface area (Å²) >= 11 is 0. The highest BCUT2D eigenvalue weighted by atomic mass is 32.2. The number of benzene rings is 2. The highest BCUT2D eigenvalue weighted by Crippen LogP contribution is 2.31. The lowest BCUT2D eigenvalue weighted by atomic mass is 9.98. The van der Waals surface area contributed by atoms with Crippen molar-refractivity contribution >= 4 is 27.6 Å². The molecule has 0 saturated carbocycles. The number of esters is 1.